The molecule has 1 saturated carbocycles. The van der Waals surface area contributed by atoms with Crippen LogP contribution in [0.4, 0.5) is 0 Å². The van der Waals surface area contributed by atoms with Crippen LogP contribution < -0.4 is 5.32 Å². The Bertz CT molecular complexity index is 368. The highest BCUT2D eigenvalue weighted by molar-refractivity contribution is 7.89. The predicted octanol–water partition coefficient (Wildman–Crippen LogP) is 0.0942. The lowest BCUT2D eigenvalue weighted by Gasteiger charge is -2.25. The summed E-state index contributed by atoms with van der Waals surface area (Å²) >= 11 is 0. The van der Waals surface area contributed by atoms with Crippen molar-refractivity contribution < 1.29 is 8.42 Å². The number of sulfonamides is 1. The van der Waals surface area contributed by atoms with E-state index in [-0.39, 0.29) is 5.75 Å². The van der Waals surface area contributed by atoms with Crippen LogP contribution in [-0.2, 0) is 10.0 Å². The molecule has 5 nitrogen and oxygen atoms in total. The summed E-state index contributed by atoms with van der Waals surface area (Å²) in [4.78, 5) is 2.26. The molecule has 0 radical (unpaired) electrons. The lowest BCUT2D eigenvalue weighted by Crippen LogP contribution is -2.41. The molecule has 1 unspecified atom stereocenters. The molecule has 0 aromatic rings. The topological polar surface area (TPSA) is 52.7 Å². The summed E-state index contributed by atoms with van der Waals surface area (Å²) in [6.07, 6.45) is 4.68. The van der Waals surface area contributed by atoms with Crippen LogP contribution in [0.3, 0.4) is 0 Å². The molecule has 1 aliphatic heterocycles. The van der Waals surface area contributed by atoms with Gasteiger partial charge in [-0.1, -0.05) is 0 Å². The first-order valence-corrected chi connectivity index (χ1v) is 8.47. The molecule has 1 N–H and O–H groups in total. The van der Waals surface area contributed by atoms with Crippen molar-refractivity contribution in [2.24, 2.45) is 0 Å². The van der Waals surface area contributed by atoms with E-state index in [1.165, 1.54) is 23.6 Å². The number of nitrogens with zero attached hydrogens (tertiary/aromatic N) is 2. The molecule has 1 saturated heterocycles. The summed E-state index contributed by atoms with van der Waals surface area (Å²) in [6, 6.07) is 0.965. The normalized spacial score (nSPS) is 26.1. The van der Waals surface area contributed by atoms with Gasteiger partial charge in [-0.05, 0) is 39.3 Å². The highest BCUT2D eigenvalue weighted by Crippen LogP contribution is 2.19. The van der Waals surface area contributed by atoms with E-state index in [0.717, 1.165) is 13.0 Å². The summed E-state index contributed by atoms with van der Waals surface area (Å²) in [7, 11) is 0.688. The van der Waals surface area contributed by atoms with Gasteiger partial charge in [-0.25, -0.2) is 12.7 Å². The van der Waals surface area contributed by atoms with Gasteiger partial charge in [0.1, 0.15) is 0 Å². The molecular formula is C12H25N3O2S. The van der Waals surface area contributed by atoms with Crippen molar-refractivity contribution in [2.45, 2.75) is 37.8 Å². The van der Waals surface area contributed by atoms with Crippen LogP contribution >= 0.6 is 0 Å². The van der Waals surface area contributed by atoms with Crippen LogP contribution in [0.25, 0.3) is 0 Å². The molecule has 6 heteroatoms. The zero-order valence-corrected chi connectivity index (χ0v) is 12.2. The van der Waals surface area contributed by atoms with E-state index in [4.69, 9.17) is 0 Å². The standard InChI is InChI=1S/C12H25N3O2S/c1-14-8-3-4-12(14)10-15(2)18(16,17)9-7-13-11-5-6-11/h11-13H,3-10H2,1-2H3. The number of rotatable bonds is 7. The maximum absolute atomic E-state index is 12.1. The minimum Gasteiger partial charge on any atom is -0.313 e. The largest absolute Gasteiger partial charge is 0.313 e. The summed E-state index contributed by atoms with van der Waals surface area (Å²) in [6.45, 7) is 2.29. The molecule has 2 aliphatic rings. The van der Waals surface area contributed by atoms with Crippen molar-refractivity contribution in [2.75, 3.05) is 39.5 Å². The molecule has 0 aromatic carbocycles. The predicted molar refractivity (Wildman–Crippen MR) is 73.1 cm³/mol. The molecule has 0 amide bonds. The van der Waals surface area contributed by atoms with Gasteiger partial charge in [-0.3, -0.25) is 0 Å². The Kier molecular flexibility index (Phi) is 4.64. The van der Waals surface area contributed by atoms with Crippen molar-refractivity contribution in [3.63, 3.8) is 0 Å². The third kappa shape index (κ3) is 3.91. The van der Waals surface area contributed by atoms with Gasteiger partial charge in [0.25, 0.3) is 0 Å². The van der Waals surface area contributed by atoms with Gasteiger partial charge in [0, 0.05) is 32.2 Å². The highest BCUT2D eigenvalue weighted by Gasteiger charge is 2.27. The molecule has 0 spiro atoms. The minimum absolute atomic E-state index is 0.219. The van der Waals surface area contributed by atoms with Crippen LogP contribution in [0, 0.1) is 0 Å². The van der Waals surface area contributed by atoms with Crippen LogP contribution in [0.5, 0.6) is 0 Å². The van der Waals surface area contributed by atoms with E-state index in [0.29, 0.717) is 25.2 Å². The van der Waals surface area contributed by atoms with E-state index in [1.54, 1.807) is 7.05 Å². The zero-order chi connectivity index (χ0) is 13.2. The van der Waals surface area contributed by atoms with Gasteiger partial charge < -0.3 is 10.2 Å². The molecule has 0 bridgehead atoms. The first-order valence-electron chi connectivity index (χ1n) is 6.86. The van der Waals surface area contributed by atoms with E-state index < -0.39 is 10.0 Å². The van der Waals surface area contributed by atoms with Crippen LogP contribution in [0.2, 0.25) is 0 Å². The van der Waals surface area contributed by atoms with Crippen LogP contribution in [0.1, 0.15) is 25.7 Å². The van der Waals surface area contributed by atoms with Crippen molar-refractivity contribution in [1.82, 2.24) is 14.5 Å². The van der Waals surface area contributed by atoms with E-state index in [2.05, 4.69) is 17.3 Å². The average Bonchev–Trinajstić information content (AvgIpc) is 3.03. The Balaban J connectivity index is 1.76. The summed E-state index contributed by atoms with van der Waals surface area (Å²) in [5, 5.41) is 3.25. The molecule has 1 aliphatic carbocycles. The Hall–Kier alpha value is -0.170. The maximum Gasteiger partial charge on any atom is 0.215 e. The zero-order valence-electron chi connectivity index (χ0n) is 11.4. The fraction of sp³-hybridized carbons (Fsp3) is 1.00. The number of hydrogen-bond donors (Lipinski definition) is 1. The Morgan fingerprint density at radius 2 is 2.06 bits per heavy atom. The Morgan fingerprint density at radius 1 is 1.33 bits per heavy atom. The first kappa shape index (κ1) is 14.2. The Morgan fingerprint density at radius 3 is 2.61 bits per heavy atom. The number of hydrogen-bond acceptors (Lipinski definition) is 4. The van der Waals surface area contributed by atoms with Gasteiger partial charge in [0.05, 0.1) is 5.75 Å². The fourth-order valence-electron chi connectivity index (χ4n) is 2.46. The maximum atomic E-state index is 12.1. The molecule has 2 fully saturated rings. The smallest absolute Gasteiger partial charge is 0.215 e. The van der Waals surface area contributed by atoms with Crippen LogP contribution in [0.15, 0.2) is 0 Å². The third-order valence-electron chi connectivity index (χ3n) is 3.98. The van der Waals surface area contributed by atoms with Crippen molar-refractivity contribution in [3.05, 3.63) is 0 Å². The van der Waals surface area contributed by atoms with Gasteiger partial charge >= 0.3 is 0 Å². The lowest BCUT2D eigenvalue weighted by molar-refractivity contribution is 0.271. The second kappa shape index (κ2) is 5.86. The van der Waals surface area contributed by atoms with Gasteiger partial charge in [0.2, 0.25) is 10.0 Å². The minimum atomic E-state index is -3.09. The van der Waals surface area contributed by atoms with Gasteiger partial charge in [0.15, 0.2) is 0 Å². The highest BCUT2D eigenvalue weighted by atomic mass is 32.2. The second-order valence-corrected chi connectivity index (χ2v) is 7.80. The van der Waals surface area contributed by atoms with Crippen molar-refractivity contribution >= 4 is 10.0 Å². The van der Waals surface area contributed by atoms with Crippen molar-refractivity contribution in [1.29, 1.82) is 0 Å². The van der Waals surface area contributed by atoms with Gasteiger partial charge in [-0.2, -0.15) is 0 Å². The summed E-state index contributed by atoms with van der Waals surface area (Å²) < 4.78 is 25.7. The van der Waals surface area contributed by atoms with Gasteiger partial charge in [-0.15, -0.1) is 0 Å². The summed E-state index contributed by atoms with van der Waals surface area (Å²) in [5.41, 5.74) is 0. The average molecular weight is 275 g/mol. The molecule has 1 atom stereocenters. The van der Waals surface area contributed by atoms with E-state index in [9.17, 15) is 8.42 Å². The summed E-state index contributed by atoms with van der Waals surface area (Å²) in [5.74, 6) is 0.219. The number of likely N-dealkylation sites (tertiary alicyclic amines) is 1. The quantitative estimate of drug-likeness (QED) is 0.716. The third-order valence-corrected chi connectivity index (χ3v) is 5.80. The van der Waals surface area contributed by atoms with Crippen LogP contribution in [-0.4, -0.2) is 69.2 Å². The molecule has 18 heavy (non-hydrogen) atoms. The van der Waals surface area contributed by atoms with E-state index >= 15 is 0 Å². The number of nitrogens with one attached hydrogen (secondary N) is 1. The lowest BCUT2D eigenvalue weighted by atomic mass is 10.2. The van der Waals surface area contributed by atoms with Crippen molar-refractivity contribution in [3.8, 4) is 0 Å². The molecule has 0 aromatic heterocycles. The molecule has 2 rings (SSSR count). The number of likely N-dealkylation sites (N-methyl/N-ethyl adjacent to an activating group) is 2. The molecule has 106 valence electrons. The SMILES string of the molecule is CN1CCCC1CN(C)S(=O)(=O)CCNC1CC1. The monoisotopic (exact) mass is 275 g/mol. The first-order chi connectivity index (χ1) is 8.49. The fourth-order valence-corrected chi connectivity index (χ4v) is 3.54. The Labute approximate surface area is 111 Å². The second-order valence-electron chi connectivity index (χ2n) is 5.60. The molecular weight excluding hydrogens is 250 g/mol. The van der Waals surface area contributed by atoms with E-state index in [1.807, 2.05) is 0 Å². The molecule has 1 heterocycles.